The number of pyridine rings is 1. The highest BCUT2D eigenvalue weighted by Crippen LogP contribution is 2.24. The quantitative estimate of drug-likeness (QED) is 0.764. The molecule has 76 valence electrons. The van der Waals surface area contributed by atoms with Crippen LogP contribution in [0.5, 0.6) is 0 Å². The summed E-state index contributed by atoms with van der Waals surface area (Å²) in [5.41, 5.74) is 1.09. The minimum atomic E-state index is 0.521. The van der Waals surface area contributed by atoms with Crippen molar-refractivity contribution in [1.29, 1.82) is 0 Å². The first kappa shape index (κ1) is 9.74. The molecule has 0 saturated carbocycles. The van der Waals surface area contributed by atoms with Gasteiger partial charge in [0, 0.05) is 38.1 Å². The van der Waals surface area contributed by atoms with E-state index in [4.69, 9.17) is 11.6 Å². The predicted octanol–water partition coefficient (Wildman–Crippen LogP) is 1.53. The van der Waals surface area contributed by atoms with Crippen molar-refractivity contribution >= 4 is 17.3 Å². The Balaban J connectivity index is 2.18. The lowest BCUT2D eigenvalue weighted by Gasteiger charge is -2.33. The van der Waals surface area contributed by atoms with Crippen LogP contribution in [0.1, 0.15) is 6.92 Å². The molecule has 0 amide bonds. The minimum absolute atomic E-state index is 0.521. The van der Waals surface area contributed by atoms with Crippen LogP contribution in [0.25, 0.3) is 0 Å². The number of nitrogens with zero attached hydrogens (tertiary/aromatic N) is 2. The molecule has 2 heterocycles. The Morgan fingerprint density at radius 3 is 3.21 bits per heavy atom. The predicted molar refractivity (Wildman–Crippen MR) is 58.9 cm³/mol. The van der Waals surface area contributed by atoms with Crippen molar-refractivity contribution in [3.05, 3.63) is 23.5 Å². The van der Waals surface area contributed by atoms with Gasteiger partial charge in [-0.1, -0.05) is 11.6 Å². The zero-order chi connectivity index (χ0) is 9.97. The highest BCUT2D eigenvalue weighted by molar-refractivity contribution is 6.33. The summed E-state index contributed by atoms with van der Waals surface area (Å²) < 4.78 is 0. The number of halogens is 1. The second-order valence-electron chi connectivity index (χ2n) is 3.63. The van der Waals surface area contributed by atoms with Crippen LogP contribution in [0.2, 0.25) is 5.02 Å². The fourth-order valence-corrected chi connectivity index (χ4v) is 2.01. The summed E-state index contributed by atoms with van der Waals surface area (Å²) in [6.45, 7) is 5.21. The van der Waals surface area contributed by atoms with E-state index in [0.29, 0.717) is 6.04 Å². The van der Waals surface area contributed by atoms with Crippen LogP contribution in [-0.4, -0.2) is 30.7 Å². The number of rotatable bonds is 1. The van der Waals surface area contributed by atoms with Gasteiger partial charge in [0.1, 0.15) is 0 Å². The standard InChI is InChI=1S/C10H14ClN3/c1-8-7-14(5-4-13-8)10-2-3-12-6-9(10)11/h2-3,6,8,13H,4-5,7H2,1H3/t8-/m0/s1. The van der Waals surface area contributed by atoms with E-state index in [2.05, 4.69) is 22.1 Å². The molecule has 1 saturated heterocycles. The Morgan fingerprint density at radius 2 is 2.50 bits per heavy atom. The molecular weight excluding hydrogens is 198 g/mol. The summed E-state index contributed by atoms with van der Waals surface area (Å²) >= 11 is 6.08. The van der Waals surface area contributed by atoms with Gasteiger partial charge < -0.3 is 10.2 Å². The number of anilines is 1. The van der Waals surface area contributed by atoms with Crippen LogP contribution >= 0.6 is 11.6 Å². The summed E-state index contributed by atoms with van der Waals surface area (Å²) in [6.07, 6.45) is 3.48. The zero-order valence-corrected chi connectivity index (χ0v) is 8.96. The van der Waals surface area contributed by atoms with Gasteiger partial charge in [0.15, 0.2) is 0 Å². The average molecular weight is 212 g/mol. The number of hydrogen-bond donors (Lipinski definition) is 1. The van der Waals surface area contributed by atoms with Crippen LogP contribution in [0.4, 0.5) is 5.69 Å². The normalized spacial score (nSPS) is 22.4. The number of aromatic nitrogens is 1. The largest absolute Gasteiger partial charge is 0.367 e. The molecular formula is C10H14ClN3. The van der Waals surface area contributed by atoms with Crippen LogP contribution in [0, 0.1) is 0 Å². The van der Waals surface area contributed by atoms with Crippen molar-refractivity contribution in [3.63, 3.8) is 0 Å². The van der Waals surface area contributed by atoms with E-state index in [1.54, 1.807) is 12.4 Å². The highest BCUT2D eigenvalue weighted by Gasteiger charge is 2.17. The molecule has 0 aliphatic carbocycles. The Morgan fingerprint density at radius 1 is 1.64 bits per heavy atom. The third kappa shape index (κ3) is 1.99. The monoisotopic (exact) mass is 211 g/mol. The smallest absolute Gasteiger partial charge is 0.0822 e. The maximum Gasteiger partial charge on any atom is 0.0822 e. The number of hydrogen-bond acceptors (Lipinski definition) is 3. The van der Waals surface area contributed by atoms with Gasteiger partial charge in [0.25, 0.3) is 0 Å². The molecule has 0 unspecified atom stereocenters. The summed E-state index contributed by atoms with van der Waals surface area (Å²) in [5, 5.41) is 4.14. The third-order valence-corrected chi connectivity index (χ3v) is 2.75. The lowest BCUT2D eigenvalue weighted by molar-refractivity contribution is 0.485. The molecule has 1 aromatic heterocycles. The fourth-order valence-electron chi connectivity index (χ4n) is 1.78. The molecule has 0 bridgehead atoms. The highest BCUT2D eigenvalue weighted by atomic mass is 35.5. The summed E-state index contributed by atoms with van der Waals surface area (Å²) in [7, 11) is 0. The van der Waals surface area contributed by atoms with E-state index >= 15 is 0 Å². The van der Waals surface area contributed by atoms with Crippen molar-refractivity contribution in [3.8, 4) is 0 Å². The Bertz CT molecular complexity index is 316. The molecule has 0 aromatic carbocycles. The van der Waals surface area contributed by atoms with Gasteiger partial charge in [-0.25, -0.2) is 0 Å². The van der Waals surface area contributed by atoms with E-state index in [1.165, 1.54) is 0 Å². The van der Waals surface area contributed by atoms with E-state index in [1.807, 2.05) is 6.07 Å². The molecule has 1 N–H and O–H groups in total. The fraction of sp³-hybridized carbons (Fsp3) is 0.500. The van der Waals surface area contributed by atoms with Crippen molar-refractivity contribution in [1.82, 2.24) is 10.3 Å². The second-order valence-corrected chi connectivity index (χ2v) is 4.04. The first-order valence-electron chi connectivity index (χ1n) is 4.85. The SMILES string of the molecule is C[C@H]1CN(c2ccncc2Cl)CCN1. The lowest BCUT2D eigenvalue weighted by Crippen LogP contribution is -2.49. The first-order chi connectivity index (χ1) is 6.77. The molecule has 1 aliphatic rings. The zero-order valence-electron chi connectivity index (χ0n) is 8.20. The Hall–Kier alpha value is -0.800. The number of piperazine rings is 1. The molecule has 3 nitrogen and oxygen atoms in total. The second kappa shape index (κ2) is 4.15. The van der Waals surface area contributed by atoms with Gasteiger partial charge >= 0.3 is 0 Å². The lowest BCUT2D eigenvalue weighted by atomic mass is 10.2. The van der Waals surface area contributed by atoms with Crippen molar-refractivity contribution in [2.24, 2.45) is 0 Å². The van der Waals surface area contributed by atoms with Crippen molar-refractivity contribution < 1.29 is 0 Å². The van der Waals surface area contributed by atoms with Gasteiger partial charge in [-0.2, -0.15) is 0 Å². The van der Waals surface area contributed by atoms with Crippen LogP contribution < -0.4 is 10.2 Å². The van der Waals surface area contributed by atoms with Crippen molar-refractivity contribution in [2.45, 2.75) is 13.0 Å². The topological polar surface area (TPSA) is 28.2 Å². The molecule has 0 spiro atoms. The Kier molecular flexibility index (Phi) is 2.89. The van der Waals surface area contributed by atoms with Gasteiger partial charge in [0.05, 0.1) is 10.7 Å². The average Bonchev–Trinajstić information content (AvgIpc) is 2.18. The van der Waals surface area contributed by atoms with Gasteiger partial charge in [0.2, 0.25) is 0 Å². The van der Waals surface area contributed by atoms with Crippen LogP contribution in [0.3, 0.4) is 0 Å². The first-order valence-corrected chi connectivity index (χ1v) is 5.23. The molecule has 1 aliphatic heterocycles. The number of nitrogens with one attached hydrogen (secondary N) is 1. The summed E-state index contributed by atoms with van der Waals surface area (Å²) in [4.78, 5) is 6.28. The summed E-state index contributed by atoms with van der Waals surface area (Å²) in [5.74, 6) is 0. The van der Waals surface area contributed by atoms with Crippen LogP contribution in [0.15, 0.2) is 18.5 Å². The molecule has 1 aromatic rings. The van der Waals surface area contributed by atoms with Gasteiger partial charge in [-0.05, 0) is 13.0 Å². The third-order valence-electron chi connectivity index (χ3n) is 2.46. The molecule has 0 radical (unpaired) electrons. The Labute approximate surface area is 89.1 Å². The molecule has 1 atom stereocenters. The molecule has 14 heavy (non-hydrogen) atoms. The van der Waals surface area contributed by atoms with Gasteiger partial charge in [-0.15, -0.1) is 0 Å². The van der Waals surface area contributed by atoms with Crippen molar-refractivity contribution in [2.75, 3.05) is 24.5 Å². The molecule has 2 rings (SSSR count). The maximum atomic E-state index is 6.08. The van der Waals surface area contributed by atoms with E-state index in [9.17, 15) is 0 Å². The molecule has 1 fully saturated rings. The van der Waals surface area contributed by atoms with Crippen LogP contribution in [-0.2, 0) is 0 Å². The van der Waals surface area contributed by atoms with E-state index in [-0.39, 0.29) is 0 Å². The van der Waals surface area contributed by atoms with E-state index < -0.39 is 0 Å². The minimum Gasteiger partial charge on any atom is -0.367 e. The summed E-state index contributed by atoms with van der Waals surface area (Å²) in [6, 6.07) is 2.49. The molecule has 4 heteroatoms. The maximum absolute atomic E-state index is 6.08. The van der Waals surface area contributed by atoms with E-state index in [0.717, 1.165) is 30.3 Å². The van der Waals surface area contributed by atoms with Gasteiger partial charge in [-0.3, -0.25) is 4.98 Å².